The molecule has 1 saturated heterocycles. The summed E-state index contributed by atoms with van der Waals surface area (Å²) in [6.45, 7) is 6.49. The van der Waals surface area contributed by atoms with Gasteiger partial charge in [0.25, 0.3) is 0 Å². The fraction of sp³-hybridized carbons (Fsp3) is 0.684. The molecule has 0 saturated carbocycles. The number of likely N-dealkylation sites (tertiary alicyclic amines) is 1. The van der Waals surface area contributed by atoms with Gasteiger partial charge in [-0.15, -0.1) is 0 Å². The molecule has 0 spiro atoms. The molecule has 146 valence electrons. The van der Waals surface area contributed by atoms with Gasteiger partial charge < -0.3 is 19.8 Å². The van der Waals surface area contributed by atoms with E-state index in [-0.39, 0.29) is 12.0 Å². The van der Waals surface area contributed by atoms with Gasteiger partial charge in [-0.2, -0.15) is 0 Å². The van der Waals surface area contributed by atoms with Crippen LogP contribution in [0.25, 0.3) is 0 Å². The van der Waals surface area contributed by atoms with Gasteiger partial charge in [0.05, 0.1) is 26.0 Å². The van der Waals surface area contributed by atoms with E-state index in [0.29, 0.717) is 13.0 Å². The monoisotopic (exact) mass is 364 g/mol. The fourth-order valence-electron chi connectivity index (χ4n) is 3.14. The lowest BCUT2D eigenvalue weighted by molar-refractivity contribution is -0.140. The quantitative estimate of drug-likeness (QED) is 0.287. The van der Waals surface area contributed by atoms with Crippen molar-refractivity contribution < 1.29 is 13.9 Å². The number of hydrogen-bond acceptors (Lipinski definition) is 5. The van der Waals surface area contributed by atoms with Crippen LogP contribution in [0.5, 0.6) is 0 Å². The van der Waals surface area contributed by atoms with E-state index in [9.17, 15) is 4.79 Å². The van der Waals surface area contributed by atoms with Gasteiger partial charge in [-0.25, -0.2) is 0 Å². The smallest absolute Gasteiger partial charge is 0.305 e. The van der Waals surface area contributed by atoms with Crippen LogP contribution in [-0.2, 0) is 9.53 Å². The number of nitrogens with zero attached hydrogens (tertiary/aromatic N) is 2. The lowest BCUT2D eigenvalue weighted by Gasteiger charge is -2.24. The van der Waals surface area contributed by atoms with E-state index in [4.69, 9.17) is 9.41 Å². The van der Waals surface area contributed by atoms with E-state index < -0.39 is 0 Å². The molecule has 2 heterocycles. The molecule has 1 unspecified atom stereocenters. The van der Waals surface area contributed by atoms with Crippen molar-refractivity contribution in [2.24, 2.45) is 4.99 Å². The molecule has 2 rings (SSSR count). The van der Waals surface area contributed by atoms with Gasteiger partial charge in [0.2, 0.25) is 0 Å². The predicted molar refractivity (Wildman–Crippen MR) is 102 cm³/mol. The Morgan fingerprint density at radius 2 is 2.15 bits per heavy atom. The topological polar surface area (TPSA) is 79.1 Å². The normalized spacial score (nSPS) is 16.5. The number of nitrogens with one attached hydrogen (secondary N) is 2. The molecular weight excluding hydrogens is 332 g/mol. The van der Waals surface area contributed by atoms with E-state index in [0.717, 1.165) is 50.7 Å². The largest absolute Gasteiger partial charge is 0.469 e. The summed E-state index contributed by atoms with van der Waals surface area (Å²) in [7, 11) is 1.42. The molecule has 1 aromatic heterocycles. The number of methoxy groups -OCH3 is 1. The molecule has 2 N–H and O–H groups in total. The molecule has 1 aliphatic heterocycles. The first kappa shape index (κ1) is 20.3. The standard InChI is InChI=1S/C19H32N4O3/c1-3-20-19(21-11-5-4-10-18(24)25-2)22-15-16(17-9-8-14-26-17)23-12-6-7-13-23/h8-9,14,16H,3-7,10-13,15H2,1-2H3,(H2,20,21,22). The van der Waals surface area contributed by atoms with Crippen molar-refractivity contribution in [3.8, 4) is 0 Å². The SMILES string of the molecule is CCNC(=NCC(c1ccco1)N1CCCC1)NCCCCC(=O)OC. The van der Waals surface area contributed by atoms with E-state index in [2.05, 4.69) is 27.2 Å². The molecule has 7 heteroatoms. The van der Waals surface area contributed by atoms with Crippen LogP contribution in [0.15, 0.2) is 27.8 Å². The Bertz CT molecular complexity index is 539. The third kappa shape index (κ3) is 6.71. The Morgan fingerprint density at radius 1 is 1.35 bits per heavy atom. The van der Waals surface area contributed by atoms with Gasteiger partial charge in [-0.05, 0) is 57.8 Å². The van der Waals surface area contributed by atoms with Crippen molar-refractivity contribution in [2.75, 3.05) is 39.8 Å². The summed E-state index contributed by atoms with van der Waals surface area (Å²) in [6.07, 6.45) is 6.36. The molecule has 26 heavy (non-hydrogen) atoms. The third-order valence-electron chi connectivity index (χ3n) is 4.55. The minimum Gasteiger partial charge on any atom is -0.469 e. The van der Waals surface area contributed by atoms with E-state index >= 15 is 0 Å². The third-order valence-corrected chi connectivity index (χ3v) is 4.55. The molecule has 0 aromatic carbocycles. The van der Waals surface area contributed by atoms with Crippen molar-refractivity contribution >= 4 is 11.9 Å². The van der Waals surface area contributed by atoms with Gasteiger partial charge in [0.15, 0.2) is 5.96 Å². The number of furan rings is 1. The summed E-state index contributed by atoms with van der Waals surface area (Å²) < 4.78 is 10.3. The van der Waals surface area contributed by atoms with Gasteiger partial charge in [0.1, 0.15) is 5.76 Å². The highest BCUT2D eigenvalue weighted by Crippen LogP contribution is 2.25. The zero-order chi connectivity index (χ0) is 18.6. The number of hydrogen-bond donors (Lipinski definition) is 2. The minimum absolute atomic E-state index is 0.155. The summed E-state index contributed by atoms with van der Waals surface area (Å²) in [5.74, 6) is 1.63. The summed E-state index contributed by atoms with van der Waals surface area (Å²) in [5, 5.41) is 6.62. The molecule has 1 atom stereocenters. The number of ether oxygens (including phenoxy) is 1. The fourth-order valence-corrected chi connectivity index (χ4v) is 3.14. The molecule has 1 aromatic rings. The van der Waals surface area contributed by atoms with Crippen molar-refractivity contribution in [1.29, 1.82) is 0 Å². The van der Waals surface area contributed by atoms with Crippen molar-refractivity contribution in [3.63, 3.8) is 0 Å². The van der Waals surface area contributed by atoms with Crippen LogP contribution in [-0.4, -0.2) is 56.7 Å². The lowest BCUT2D eigenvalue weighted by Crippen LogP contribution is -2.38. The number of carbonyl (C=O) groups is 1. The molecular formula is C19H32N4O3. The zero-order valence-corrected chi connectivity index (χ0v) is 16.0. The maximum Gasteiger partial charge on any atom is 0.305 e. The molecule has 7 nitrogen and oxygen atoms in total. The second-order valence-corrected chi connectivity index (χ2v) is 6.45. The highest BCUT2D eigenvalue weighted by Gasteiger charge is 2.25. The number of rotatable bonds is 10. The van der Waals surface area contributed by atoms with Crippen molar-refractivity contribution in [2.45, 2.75) is 45.1 Å². The average Bonchev–Trinajstić information content (AvgIpc) is 3.35. The Hall–Kier alpha value is -2.02. The van der Waals surface area contributed by atoms with E-state index in [1.165, 1.54) is 20.0 Å². The van der Waals surface area contributed by atoms with Crippen LogP contribution in [0.3, 0.4) is 0 Å². The minimum atomic E-state index is -0.155. The summed E-state index contributed by atoms with van der Waals surface area (Å²) in [4.78, 5) is 18.3. The zero-order valence-electron chi connectivity index (χ0n) is 16.0. The average molecular weight is 364 g/mol. The molecule has 0 amide bonds. The van der Waals surface area contributed by atoms with Crippen LogP contribution >= 0.6 is 0 Å². The van der Waals surface area contributed by atoms with Crippen LogP contribution < -0.4 is 10.6 Å². The van der Waals surface area contributed by atoms with Crippen LogP contribution in [0.2, 0.25) is 0 Å². The van der Waals surface area contributed by atoms with E-state index in [1.807, 2.05) is 12.1 Å². The number of unbranched alkanes of at least 4 members (excludes halogenated alkanes) is 1. The number of aliphatic imine (C=N–C) groups is 1. The first-order valence-corrected chi connectivity index (χ1v) is 9.61. The maximum absolute atomic E-state index is 11.1. The molecule has 0 bridgehead atoms. The Morgan fingerprint density at radius 3 is 2.81 bits per heavy atom. The van der Waals surface area contributed by atoms with Gasteiger partial charge in [-0.3, -0.25) is 14.7 Å². The first-order chi connectivity index (χ1) is 12.7. The Labute approximate surface area is 156 Å². The predicted octanol–water partition coefficient (Wildman–Crippen LogP) is 2.31. The van der Waals surface area contributed by atoms with Gasteiger partial charge in [-0.1, -0.05) is 0 Å². The van der Waals surface area contributed by atoms with Crippen LogP contribution in [0.4, 0.5) is 0 Å². The summed E-state index contributed by atoms with van der Waals surface area (Å²) >= 11 is 0. The molecule has 1 aliphatic rings. The second kappa shape index (κ2) is 11.6. The Balaban J connectivity index is 1.85. The first-order valence-electron chi connectivity index (χ1n) is 9.61. The second-order valence-electron chi connectivity index (χ2n) is 6.45. The number of carbonyl (C=O) groups excluding carboxylic acids is 1. The van der Waals surface area contributed by atoms with Crippen molar-refractivity contribution in [1.82, 2.24) is 15.5 Å². The molecule has 0 aliphatic carbocycles. The van der Waals surface area contributed by atoms with Crippen molar-refractivity contribution in [3.05, 3.63) is 24.2 Å². The lowest BCUT2D eigenvalue weighted by atomic mass is 10.2. The van der Waals surface area contributed by atoms with Crippen LogP contribution in [0, 0.1) is 0 Å². The summed E-state index contributed by atoms with van der Waals surface area (Å²) in [6, 6.07) is 4.15. The molecule has 1 fully saturated rings. The highest BCUT2D eigenvalue weighted by atomic mass is 16.5. The number of esters is 1. The summed E-state index contributed by atoms with van der Waals surface area (Å²) in [5.41, 5.74) is 0. The molecule has 0 radical (unpaired) electrons. The number of guanidine groups is 1. The van der Waals surface area contributed by atoms with E-state index in [1.54, 1.807) is 6.26 Å². The van der Waals surface area contributed by atoms with Gasteiger partial charge >= 0.3 is 5.97 Å². The van der Waals surface area contributed by atoms with Gasteiger partial charge in [0, 0.05) is 19.5 Å². The highest BCUT2D eigenvalue weighted by molar-refractivity contribution is 5.79. The van der Waals surface area contributed by atoms with Crippen LogP contribution in [0.1, 0.15) is 50.8 Å². The Kier molecular flexibility index (Phi) is 9.03. The maximum atomic E-state index is 11.1.